The van der Waals surface area contributed by atoms with E-state index in [0.717, 1.165) is 0 Å². The predicted molar refractivity (Wildman–Crippen MR) is 61.5 cm³/mol. The highest BCUT2D eigenvalue weighted by atomic mass is 32.2. The molecule has 3 rings (SSSR count). The maximum atomic E-state index is 12.1. The van der Waals surface area contributed by atoms with Gasteiger partial charge in [-0.05, 0) is 12.1 Å². The molecule has 7 heteroatoms. The molecule has 0 amide bonds. The minimum Gasteiger partial charge on any atom is -0.343 e. The number of fused-ring (bicyclic) bond motifs is 2. The second kappa shape index (κ2) is 3.78. The number of sulfone groups is 1. The standard InChI is InChI=1S/C12H8N2O4S/c13-5-8-3-10-11(4-9(8)6-14)19(15,16)7-12(10)17-1-2-18-12/h3-4H,1-2,7H2. The third kappa shape index (κ3) is 1.57. The summed E-state index contributed by atoms with van der Waals surface area (Å²) in [4.78, 5) is 0.0185. The first-order valence-corrected chi connectivity index (χ1v) is 7.17. The second-order valence-electron chi connectivity index (χ2n) is 4.33. The van der Waals surface area contributed by atoms with Crippen LogP contribution < -0.4 is 0 Å². The van der Waals surface area contributed by atoms with E-state index in [4.69, 9.17) is 20.0 Å². The summed E-state index contributed by atoms with van der Waals surface area (Å²) in [5.74, 6) is -1.62. The third-order valence-electron chi connectivity index (χ3n) is 3.24. The van der Waals surface area contributed by atoms with Gasteiger partial charge in [0.05, 0.1) is 29.2 Å². The average Bonchev–Trinajstić information content (AvgIpc) is 2.93. The van der Waals surface area contributed by atoms with E-state index in [0.29, 0.717) is 18.8 Å². The molecule has 2 aliphatic heterocycles. The Labute approximate surface area is 109 Å². The SMILES string of the molecule is N#Cc1cc2c(cc1C#N)S(=O)(=O)CC21OCCO1. The Morgan fingerprint density at radius 1 is 1.11 bits per heavy atom. The molecule has 0 bridgehead atoms. The summed E-state index contributed by atoms with van der Waals surface area (Å²) in [5.41, 5.74) is 0.484. The normalized spacial score (nSPS) is 21.8. The van der Waals surface area contributed by atoms with Crippen LogP contribution >= 0.6 is 0 Å². The van der Waals surface area contributed by atoms with Gasteiger partial charge in [0.2, 0.25) is 5.79 Å². The van der Waals surface area contributed by atoms with Crippen LogP contribution in [-0.4, -0.2) is 27.4 Å². The molecule has 1 aromatic rings. The van der Waals surface area contributed by atoms with Crippen LogP contribution in [0.1, 0.15) is 16.7 Å². The van der Waals surface area contributed by atoms with Gasteiger partial charge < -0.3 is 9.47 Å². The molecule has 6 nitrogen and oxygen atoms in total. The lowest BCUT2D eigenvalue weighted by Crippen LogP contribution is -2.29. The molecule has 0 unspecified atom stereocenters. The molecule has 2 aliphatic rings. The summed E-state index contributed by atoms with van der Waals surface area (Å²) in [6.07, 6.45) is 0. The number of nitrogens with zero attached hydrogens (tertiary/aromatic N) is 2. The molecule has 2 heterocycles. The number of hydrogen-bond donors (Lipinski definition) is 0. The van der Waals surface area contributed by atoms with Crippen LogP contribution in [-0.2, 0) is 25.1 Å². The summed E-state index contributed by atoms with van der Waals surface area (Å²) in [5, 5.41) is 18.0. The Bertz CT molecular complexity index is 749. The number of ether oxygens (including phenoxy) is 2. The van der Waals surface area contributed by atoms with Crippen molar-refractivity contribution < 1.29 is 17.9 Å². The van der Waals surface area contributed by atoms with E-state index in [9.17, 15) is 8.42 Å². The Morgan fingerprint density at radius 2 is 1.68 bits per heavy atom. The quantitative estimate of drug-likeness (QED) is 0.680. The van der Waals surface area contributed by atoms with Crippen LogP contribution in [0.2, 0.25) is 0 Å². The molecule has 0 saturated carbocycles. The van der Waals surface area contributed by atoms with Gasteiger partial charge in [0.1, 0.15) is 17.9 Å². The Balaban J connectivity index is 2.33. The first-order valence-electron chi connectivity index (χ1n) is 5.52. The zero-order valence-corrected chi connectivity index (χ0v) is 10.5. The van der Waals surface area contributed by atoms with Gasteiger partial charge >= 0.3 is 0 Å². The molecular weight excluding hydrogens is 268 g/mol. The molecule has 1 spiro atoms. The largest absolute Gasteiger partial charge is 0.343 e. The molecule has 0 radical (unpaired) electrons. The molecule has 1 aromatic carbocycles. The van der Waals surface area contributed by atoms with Crippen LogP contribution in [0.3, 0.4) is 0 Å². The van der Waals surface area contributed by atoms with Gasteiger partial charge in [-0.15, -0.1) is 0 Å². The van der Waals surface area contributed by atoms with Crippen LogP contribution in [0.5, 0.6) is 0 Å². The van der Waals surface area contributed by atoms with Gasteiger partial charge in [-0.25, -0.2) is 8.42 Å². The van der Waals surface area contributed by atoms with Crippen molar-refractivity contribution in [3.63, 3.8) is 0 Å². The summed E-state index contributed by atoms with van der Waals surface area (Å²) >= 11 is 0. The Kier molecular flexibility index (Phi) is 2.41. The summed E-state index contributed by atoms with van der Waals surface area (Å²) in [6.45, 7) is 0.605. The van der Waals surface area contributed by atoms with Crippen molar-refractivity contribution in [2.45, 2.75) is 10.7 Å². The molecule has 96 valence electrons. The van der Waals surface area contributed by atoms with Crippen molar-refractivity contribution in [1.29, 1.82) is 10.5 Å². The first kappa shape index (κ1) is 12.1. The third-order valence-corrected chi connectivity index (χ3v) is 5.01. The Hall–Kier alpha value is -1.93. The monoisotopic (exact) mass is 276 g/mol. The number of rotatable bonds is 0. The van der Waals surface area contributed by atoms with Gasteiger partial charge in [-0.3, -0.25) is 0 Å². The van der Waals surface area contributed by atoms with Crippen LogP contribution in [0.4, 0.5) is 0 Å². The maximum absolute atomic E-state index is 12.1. The van der Waals surface area contributed by atoms with Crippen molar-refractivity contribution in [1.82, 2.24) is 0 Å². The van der Waals surface area contributed by atoms with Crippen LogP contribution in [0, 0.1) is 22.7 Å². The van der Waals surface area contributed by atoms with E-state index in [1.54, 1.807) is 0 Å². The van der Waals surface area contributed by atoms with Gasteiger partial charge in [0.25, 0.3) is 0 Å². The smallest absolute Gasteiger partial charge is 0.211 e. The van der Waals surface area contributed by atoms with Crippen molar-refractivity contribution in [2.75, 3.05) is 19.0 Å². The molecule has 1 fully saturated rings. The van der Waals surface area contributed by atoms with Crippen LogP contribution in [0.15, 0.2) is 17.0 Å². The second-order valence-corrected chi connectivity index (χ2v) is 6.28. The number of benzene rings is 1. The van der Waals surface area contributed by atoms with Crippen molar-refractivity contribution in [3.05, 3.63) is 28.8 Å². The van der Waals surface area contributed by atoms with Gasteiger partial charge in [0, 0.05) is 5.56 Å². The molecule has 1 saturated heterocycles. The van der Waals surface area contributed by atoms with E-state index in [-0.39, 0.29) is 21.8 Å². The van der Waals surface area contributed by atoms with Crippen molar-refractivity contribution in [2.24, 2.45) is 0 Å². The minimum atomic E-state index is -3.57. The fourth-order valence-electron chi connectivity index (χ4n) is 2.42. The highest BCUT2D eigenvalue weighted by Gasteiger charge is 2.52. The zero-order chi connectivity index (χ0) is 13.7. The summed E-state index contributed by atoms with van der Waals surface area (Å²) in [6, 6.07) is 6.31. The minimum absolute atomic E-state index is 0.0185. The molecule has 0 atom stereocenters. The predicted octanol–water partition coefficient (Wildman–Crippen LogP) is 0.417. The fourth-order valence-corrected chi connectivity index (χ4v) is 4.24. The molecule has 0 aromatic heterocycles. The van der Waals surface area contributed by atoms with Gasteiger partial charge in [-0.2, -0.15) is 10.5 Å². The maximum Gasteiger partial charge on any atom is 0.211 e. The van der Waals surface area contributed by atoms with E-state index >= 15 is 0 Å². The lowest BCUT2D eigenvalue weighted by atomic mass is 10.0. The van der Waals surface area contributed by atoms with Crippen LogP contribution in [0.25, 0.3) is 0 Å². The highest BCUT2D eigenvalue weighted by molar-refractivity contribution is 7.91. The van der Waals surface area contributed by atoms with Gasteiger partial charge in [0.15, 0.2) is 9.84 Å². The lowest BCUT2D eigenvalue weighted by Gasteiger charge is -2.21. The van der Waals surface area contributed by atoms with Crippen molar-refractivity contribution >= 4 is 9.84 Å². The fraction of sp³-hybridized carbons (Fsp3) is 0.333. The van der Waals surface area contributed by atoms with E-state index < -0.39 is 15.6 Å². The number of hydrogen-bond acceptors (Lipinski definition) is 6. The molecule has 19 heavy (non-hydrogen) atoms. The van der Waals surface area contributed by atoms with E-state index in [2.05, 4.69) is 0 Å². The topological polar surface area (TPSA) is 100 Å². The Morgan fingerprint density at radius 3 is 2.26 bits per heavy atom. The first-order chi connectivity index (χ1) is 9.02. The highest BCUT2D eigenvalue weighted by Crippen LogP contribution is 2.44. The number of nitriles is 2. The lowest BCUT2D eigenvalue weighted by molar-refractivity contribution is -0.144. The van der Waals surface area contributed by atoms with Gasteiger partial charge in [-0.1, -0.05) is 0 Å². The van der Waals surface area contributed by atoms with E-state index in [1.165, 1.54) is 12.1 Å². The zero-order valence-electron chi connectivity index (χ0n) is 9.71. The average molecular weight is 276 g/mol. The summed E-state index contributed by atoms with van der Waals surface area (Å²) in [7, 11) is -3.57. The molecule has 0 N–H and O–H groups in total. The molecule has 0 aliphatic carbocycles. The van der Waals surface area contributed by atoms with Crippen molar-refractivity contribution in [3.8, 4) is 12.1 Å². The molecular formula is C12H8N2O4S. The summed E-state index contributed by atoms with van der Waals surface area (Å²) < 4.78 is 35.1. The van der Waals surface area contributed by atoms with E-state index in [1.807, 2.05) is 12.1 Å².